The van der Waals surface area contributed by atoms with Crippen molar-refractivity contribution in [1.29, 1.82) is 0 Å². The Kier molecular flexibility index (Phi) is 6.62. The summed E-state index contributed by atoms with van der Waals surface area (Å²) in [6, 6.07) is 24.8. The molecule has 0 aromatic heterocycles. The number of aliphatic carboxylic acids is 1. The van der Waals surface area contributed by atoms with Gasteiger partial charge in [0.05, 0.1) is 6.21 Å². The molecule has 0 aliphatic rings. The van der Waals surface area contributed by atoms with Gasteiger partial charge in [-0.2, -0.15) is 5.10 Å². The number of ether oxygens (including phenoxy) is 1. The molecule has 0 aliphatic heterocycles. The van der Waals surface area contributed by atoms with Crippen molar-refractivity contribution in [2.75, 3.05) is 6.61 Å². The molecule has 0 radical (unpaired) electrons. The van der Waals surface area contributed by atoms with Crippen LogP contribution < -0.4 is 4.74 Å². The first kappa shape index (κ1) is 19.7. The van der Waals surface area contributed by atoms with E-state index in [0.717, 1.165) is 0 Å². The van der Waals surface area contributed by atoms with E-state index in [1.165, 1.54) is 6.21 Å². The second-order valence-electron chi connectivity index (χ2n) is 5.97. The number of hydrogen-bond acceptors (Lipinski definition) is 5. The number of para-hydroxylation sites is 1. The summed E-state index contributed by atoms with van der Waals surface area (Å²) >= 11 is 0. The quantitative estimate of drug-likeness (QED) is 0.362. The van der Waals surface area contributed by atoms with Crippen LogP contribution in [0.3, 0.4) is 0 Å². The molecule has 0 amide bonds. The highest BCUT2D eigenvalue weighted by atomic mass is 16.5. The first-order chi connectivity index (χ1) is 14.1. The molecule has 0 unspecified atom stereocenters. The molecule has 3 aromatic rings. The Morgan fingerprint density at radius 3 is 2.07 bits per heavy atom. The van der Waals surface area contributed by atoms with Crippen molar-refractivity contribution in [3.63, 3.8) is 0 Å². The van der Waals surface area contributed by atoms with Crippen molar-refractivity contribution >= 4 is 23.7 Å². The lowest BCUT2D eigenvalue weighted by Gasteiger charge is -2.06. The van der Waals surface area contributed by atoms with Gasteiger partial charge in [-0.05, 0) is 12.1 Å². The Balaban J connectivity index is 1.92. The molecule has 0 aliphatic carbocycles. The van der Waals surface area contributed by atoms with Crippen molar-refractivity contribution < 1.29 is 19.4 Å². The summed E-state index contributed by atoms with van der Waals surface area (Å²) in [5.74, 6) is -0.955. The van der Waals surface area contributed by atoms with Crippen LogP contribution in [-0.4, -0.2) is 35.4 Å². The van der Waals surface area contributed by atoms with Crippen molar-refractivity contribution in [2.24, 2.45) is 10.2 Å². The van der Waals surface area contributed by atoms with Gasteiger partial charge in [-0.1, -0.05) is 72.8 Å². The largest absolute Gasteiger partial charge is 0.481 e. The second-order valence-corrected chi connectivity index (χ2v) is 5.97. The topological polar surface area (TPSA) is 88.3 Å². The number of nitrogens with zero attached hydrogens (tertiary/aromatic N) is 2. The van der Waals surface area contributed by atoms with Crippen LogP contribution in [0.4, 0.5) is 0 Å². The fourth-order valence-electron chi connectivity index (χ4n) is 2.56. The van der Waals surface area contributed by atoms with Crippen LogP contribution in [0.1, 0.15) is 21.5 Å². The second kappa shape index (κ2) is 9.75. The molecule has 0 spiro atoms. The number of benzene rings is 3. The van der Waals surface area contributed by atoms with Crippen LogP contribution in [0.15, 0.2) is 95.1 Å². The van der Waals surface area contributed by atoms with E-state index in [-0.39, 0.29) is 11.5 Å². The zero-order valence-electron chi connectivity index (χ0n) is 15.4. The fraction of sp³-hybridized carbons (Fsp3) is 0.0435. The van der Waals surface area contributed by atoms with Crippen LogP contribution in [0.25, 0.3) is 0 Å². The van der Waals surface area contributed by atoms with Crippen LogP contribution in [-0.2, 0) is 4.79 Å². The molecule has 144 valence electrons. The average molecular weight is 386 g/mol. The van der Waals surface area contributed by atoms with Gasteiger partial charge >= 0.3 is 5.97 Å². The predicted octanol–water partition coefficient (Wildman–Crippen LogP) is 3.86. The van der Waals surface area contributed by atoms with Gasteiger partial charge in [0.1, 0.15) is 11.5 Å². The van der Waals surface area contributed by atoms with Gasteiger partial charge in [-0.25, -0.2) is 4.79 Å². The molecule has 0 fully saturated rings. The standard InChI is InChI=1S/C23H18N2O4/c26-21(27)16-29-20-14-8-7-13-19(20)15-24-25-22(17-9-3-1-4-10-17)23(28)18-11-5-2-6-12-18/h1-15H,16H2,(H,26,27)/b24-15+,25-22+. The Morgan fingerprint density at radius 1 is 0.828 bits per heavy atom. The van der Waals surface area contributed by atoms with E-state index in [1.807, 2.05) is 24.3 Å². The summed E-state index contributed by atoms with van der Waals surface area (Å²) < 4.78 is 5.25. The van der Waals surface area contributed by atoms with E-state index in [0.29, 0.717) is 22.4 Å². The highest BCUT2D eigenvalue weighted by Crippen LogP contribution is 2.16. The normalized spacial score (nSPS) is 11.4. The maximum Gasteiger partial charge on any atom is 0.341 e. The van der Waals surface area contributed by atoms with E-state index in [4.69, 9.17) is 9.84 Å². The van der Waals surface area contributed by atoms with Crippen molar-refractivity contribution in [2.45, 2.75) is 0 Å². The van der Waals surface area contributed by atoms with Gasteiger partial charge in [0.25, 0.3) is 0 Å². The molecule has 29 heavy (non-hydrogen) atoms. The zero-order valence-corrected chi connectivity index (χ0v) is 15.4. The minimum atomic E-state index is -1.07. The first-order valence-electron chi connectivity index (χ1n) is 8.85. The molecule has 0 bridgehead atoms. The third-order valence-corrected chi connectivity index (χ3v) is 3.92. The highest BCUT2D eigenvalue weighted by Gasteiger charge is 2.16. The first-order valence-corrected chi connectivity index (χ1v) is 8.85. The SMILES string of the molecule is O=C(O)COc1ccccc1/C=N/N=C(/C(=O)c1ccccc1)c1ccccc1. The average Bonchev–Trinajstić information content (AvgIpc) is 2.76. The van der Waals surface area contributed by atoms with Crippen molar-refractivity contribution in [3.8, 4) is 5.75 Å². The summed E-state index contributed by atoms with van der Waals surface area (Å²) in [5.41, 5.74) is 1.92. The van der Waals surface area contributed by atoms with Crippen LogP contribution in [0.2, 0.25) is 0 Å². The van der Waals surface area contributed by atoms with Gasteiger partial charge in [0.15, 0.2) is 6.61 Å². The van der Waals surface area contributed by atoms with Gasteiger partial charge in [-0.15, -0.1) is 5.10 Å². The van der Waals surface area contributed by atoms with Crippen molar-refractivity contribution in [1.82, 2.24) is 0 Å². The number of Topliss-reactive ketones (excluding diaryl/α,β-unsaturated/α-hetero) is 1. The summed E-state index contributed by atoms with van der Waals surface area (Å²) in [5, 5.41) is 17.0. The van der Waals surface area contributed by atoms with Gasteiger partial charge in [-0.3, -0.25) is 4.79 Å². The fourth-order valence-corrected chi connectivity index (χ4v) is 2.56. The van der Waals surface area contributed by atoms with E-state index in [9.17, 15) is 9.59 Å². The zero-order chi connectivity index (χ0) is 20.5. The molecule has 1 N–H and O–H groups in total. The monoisotopic (exact) mass is 386 g/mol. The minimum absolute atomic E-state index is 0.206. The Morgan fingerprint density at radius 2 is 1.41 bits per heavy atom. The summed E-state index contributed by atoms with van der Waals surface area (Å²) in [4.78, 5) is 23.7. The molecule has 6 heteroatoms. The number of hydrogen-bond donors (Lipinski definition) is 1. The van der Waals surface area contributed by atoms with E-state index < -0.39 is 12.6 Å². The Hall–Kier alpha value is -4.06. The third-order valence-electron chi connectivity index (χ3n) is 3.92. The third kappa shape index (κ3) is 5.46. The van der Waals surface area contributed by atoms with Gasteiger partial charge < -0.3 is 9.84 Å². The lowest BCUT2D eigenvalue weighted by atomic mass is 10.0. The van der Waals surface area contributed by atoms with E-state index in [1.54, 1.807) is 60.7 Å². The number of carboxylic acids is 1. The van der Waals surface area contributed by atoms with Crippen LogP contribution in [0, 0.1) is 0 Å². The number of rotatable bonds is 8. The smallest absolute Gasteiger partial charge is 0.341 e. The lowest BCUT2D eigenvalue weighted by Crippen LogP contribution is -2.15. The summed E-state index contributed by atoms with van der Waals surface area (Å²) in [6.07, 6.45) is 1.43. The molecule has 3 aromatic carbocycles. The number of carbonyl (C=O) groups excluding carboxylic acids is 1. The number of ketones is 1. The van der Waals surface area contributed by atoms with E-state index in [2.05, 4.69) is 10.2 Å². The number of carboxylic acid groups (broad SMARTS) is 1. The molecule has 0 saturated carbocycles. The summed E-state index contributed by atoms with van der Waals surface area (Å²) in [6.45, 7) is -0.462. The maximum atomic E-state index is 12.9. The molecular formula is C23H18N2O4. The molecule has 3 rings (SSSR count). The van der Waals surface area contributed by atoms with Gasteiger partial charge in [0.2, 0.25) is 5.78 Å². The molecule has 6 nitrogen and oxygen atoms in total. The number of carbonyl (C=O) groups is 2. The van der Waals surface area contributed by atoms with E-state index >= 15 is 0 Å². The van der Waals surface area contributed by atoms with Gasteiger partial charge in [0, 0.05) is 16.7 Å². The molecule has 0 heterocycles. The molecule has 0 atom stereocenters. The maximum absolute atomic E-state index is 12.9. The summed E-state index contributed by atoms with van der Waals surface area (Å²) in [7, 11) is 0. The highest BCUT2D eigenvalue weighted by molar-refractivity contribution is 6.51. The van der Waals surface area contributed by atoms with Crippen LogP contribution in [0.5, 0.6) is 5.75 Å². The minimum Gasteiger partial charge on any atom is -0.481 e. The Labute approximate surface area is 167 Å². The molecular weight excluding hydrogens is 368 g/mol. The predicted molar refractivity (Wildman–Crippen MR) is 111 cm³/mol. The Bertz CT molecular complexity index is 1040. The lowest BCUT2D eigenvalue weighted by molar-refractivity contribution is -0.139. The van der Waals surface area contributed by atoms with Crippen LogP contribution >= 0.6 is 0 Å². The molecule has 0 saturated heterocycles. The van der Waals surface area contributed by atoms with Crippen molar-refractivity contribution in [3.05, 3.63) is 102 Å².